The molecule has 2 aliphatic heterocycles. The van der Waals surface area contributed by atoms with Crippen molar-refractivity contribution in [2.24, 2.45) is 0 Å². The smallest absolute Gasteiger partial charge is 0.311 e. The zero-order valence-corrected chi connectivity index (χ0v) is 35.6. The molecule has 18 heteroatoms. The van der Waals surface area contributed by atoms with Gasteiger partial charge in [-0.25, -0.2) is 0 Å². The lowest BCUT2D eigenvalue weighted by atomic mass is 10.0. The second kappa shape index (κ2) is 21.6. The molecule has 3 aromatic carbocycles. The minimum Gasteiger partial charge on any atom is -0.493 e. The molecule has 4 aromatic rings. The Bertz CT molecular complexity index is 2350. The summed E-state index contributed by atoms with van der Waals surface area (Å²) in [5.74, 6) is -0.890. The molecular formula is C45H50N6O12. The van der Waals surface area contributed by atoms with E-state index in [2.05, 4.69) is 20.9 Å². The number of imide groups is 2. The molecule has 0 saturated carbocycles. The van der Waals surface area contributed by atoms with Gasteiger partial charge in [0.15, 0.2) is 23.0 Å². The number of nitrogens with zero attached hydrogens (tertiary/aromatic N) is 4. The summed E-state index contributed by atoms with van der Waals surface area (Å²) in [6.45, 7) is 1.43. The first-order valence-electron chi connectivity index (χ1n) is 20.5. The summed E-state index contributed by atoms with van der Waals surface area (Å²) in [6, 6.07) is 12.5. The van der Waals surface area contributed by atoms with E-state index in [1.165, 1.54) is 19.2 Å². The molecule has 332 valence electrons. The van der Waals surface area contributed by atoms with Crippen LogP contribution in [0.15, 0.2) is 54.7 Å². The predicted molar refractivity (Wildman–Crippen MR) is 228 cm³/mol. The van der Waals surface area contributed by atoms with Gasteiger partial charge in [-0.1, -0.05) is 29.5 Å². The van der Waals surface area contributed by atoms with Crippen LogP contribution in [0.5, 0.6) is 28.7 Å². The summed E-state index contributed by atoms with van der Waals surface area (Å²) >= 11 is 0. The number of anilines is 1. The lowest BCUT2D eigenvalue weighted by Crippen LogP contribution is -2.54. The molecule has 0 spiro atoms. The fourth-order valence-corrected chi connectivity index (χ4v) is 7.15. The summed E-state index contributed by atoms with van der Waals surface area (Å²) < 4.78 is 34.8. The van der Waals surface area contributed by atoms with E-state index in [0.717, 1.165) is 21.7 Å². The van der Waals surface area contributed by atoms with Gasteiger partial charge in [-0.15, -0.1) is 5.10 Å². The number of hydrogen-bond donors (Lipinski definition) is 2. The molecule has 1 aromatic heterocycles. The van der Waals surface area contributed by atoms with E-state index in [1.807, 2.05) is 36.5 Å². The van der Waals surface area contributed by atoms with Gasteiger partial charge in [-0.2, -0.15) is 0 Å². The van der Waals surface area contributed by atoms with Crippen LogP contribution in [0, 0.1) is 0 Å². The predicted octanol–water partition coefficient (Wildman–Crippen LogP) is 5.03. The molecule has 0 radical (unpaired) electrons. The summed E-state index contributed by atoms with van der Waals surface area (Å²) in [5.41, 5.74) is 2.68. The number of rotatable bonds is 22. The van der Waals surface area contributed by atoms with Crippen molar-refractivity contribution in [3.63, 3.8) is 0 Å². The number of piperidine rings is 1. The number of aromatic nitrogens is 3. The van der Waals surface area contributed by atoms with Crippen LogP contribution in [0.2, 0.25) is 0 Å². The first kappa shape index (κ1) is 45.4. The van der Waals surface area contributed by atoms with Gasteiger partial charge in [-0.05, 0) is 79.6 Å². The second-order valence-electron chi connectivity index (χ2n) is 14.6. The zero-order valence-electron chi connectivity index (χ0n) is 35.6. The Balaban J connectivity index is 0.858. The number of carbonyl (C=O) groups is 6. The van der Waals surface area contributed by atoms with Crippen molar-refractivity contribution >= 4 is 53.3 Å². The van der Waals surface area contributed by atoms with Crippen LogP contribution in [0.25, 0.3) is 12.2 Å². The fraction of sp³-hybridized carbons (Fsp3) is 0.378. The van der Waals surface area contributed by atoms with Crippen LogP contribution in [-0.4, -0.2) is 103 Å². The lowest BCUT2D eigenvalue weighted by Gasteiger charge is -2.27. The Morgan fingerprint density at radius 1 is 0.810 bits per heavy atom. The van der Waals surface area contributed by atoms with Gasteiger partial charge in [0.2, 0.25) is 23.5 Å². The van der Waals surface area contributed by atoms with Gasteiger partial charge >= 0.3 is 5.97 Å². The topological polar surface area (TPSA) is 216 Å². The Hall–Kier alpha value is -7.08. The van der Waals surface area contributed by atoms with Crippen molar-refractivity contribution in [1.82, 2.24) is 25.2 Å². The van der Waals surface area contributed by atoms with Crippen molar-refractivity contribution in [1.29, 1.82) is 0 Å². The lowest BCUT2D eigenvalue weighted by molar-refractivity contribution is -0.136. The van der Waals surface area contributed by atoms with Crippen LogP contribution >= 0.6 is 0 Å². The number of aryl methyl sites for hydroxylation is 1. The van der Waals surface area contributed by atoms with Crippen LogP contribution in [0.1, 0.15) is 88.9 Å². The third kappa shape index (κ3) is 11.4. The molecule has 3 heterocycles. The number of amides is 5. The van der Waals surface area contributed by atoms with E-state index >= 15 is 0 Å². The maximum absolute atomic E-state index is 13.3. The van der Waals surface area contributed by atoms with E-state index < -0.39 is 29.7 Å². The number of unbranched alkanes of at least 4 members (excludes halogenated alkanes) is 2. The van der Waals surface area contributed by atoms with Gasteiger partial charge in [0.1, 0.15) is 6.04 Å². The molecule has 1 fully saturated rings. The standard InChI is InChI=1S/C45H50N6O12/c1-58-34-18-16-28(14-15-29-25-36(59-2)42(61-4)37(26-29)60-3)24-35(34)63-40(54)13-6-8-22-62-23-20-30-27-50(49-48-30)21-7-5-12-38(52)46-32-11-9-10-31-41(32)45(57)51(44(31)56)33-17-19-39(53)47-43(33)55/h9-11,14-16,18,24-27,33H,5-8,12-13,17,19-23H2,1-4H3,(H,46,52)(H,47,53,55)/b15-14-. The van der Waals surface area contributed by atoms with Gasteiger partial charge in [0, 0.05) is 45.0 Å². The molecule has 1 saturated heterocycles. The number of ether oxygens (including phenoxy) is 6. The minimum atomic E-state index is -1.10. The van der Waals surface area contributed by atoms with Crippen molar-refractivity contribution < 1.29 is 57.2 Å². The van der Waals surface area contributed by atoms with E-state index in [0.29, 0.717) is 80.6 Å². The highest BCUT2D eigenvalue weighted by molar-refractivity contribution is 6.26. The Labute approximate surface area is 363 Å². The highest BCUT2D eigenvalue weighted by atomic mass is 16.6. The van der Waals surface area contributed by atoms with Crippen molar-refractivity contribution in [2.75, 3.05) is 47.0 Å². The summed E-state index contributed by atoms with van der Waals surface area (Å²) in [5, 5.41) is 13.3. The molecule has 2 aliphatic rings. The molecule has 1 unspecified atom stereocenters. The highest BCUT2D eigenvalue weighted by Crippen LogP contribution is 2.39. The molecule has 0 bridgehead atoms. The van der Waals surface area contributed by atoms with Crippen molar-refractivity contribution in [2.45, 2.75) is 70.4 Å². The minimum absolute atomic E-state index is 0.0123. The largest absolute Gasteiger partial charge is 0.493 e. The normalized spacial score (nSPS) is 14.7. The van der Waals surface area contributed by atoms with E-state index in [4.69, 9.17) is 28.4 Å². The van der Waals surface area contributed by atoms with E-state index in [9.17, 15) is 28.8 Å². The van der Waals surface area contributed by atoms with E-state index in [1.54, 1.807) is 44.2 Å². The number of benzene rings is 3. The fourth-order valence-electron chi connectivity index (χ4n) is 7.15. The molecule has 0 aliphatic carbocycles. The highest BCUT2D eigenvalue weighted by Gasteiger charge is 2.45. The summed E-state index contributed by atoms with van der Waals surface area (Å²) in [6.07, 6.45) is 8.94. The van der Waals surface area contributed by atoms with E-state index in [-0.39, 0.29) is 54.4 Å². The number of carbonyl (C=O) groups excluding carboxylic acids is 6. The van der Waals surface area contributed by atoms with Gasteiger partial charge in [0.25, 0.3) is 11.8 Å². The first-order valence-corrected chi connectivity index (χ1v) is 20.5. The van der Waals surface area contributed by atoms with Crippen molar-refractivity contribution in [3.8, 4) is 28.7 Å². The van der Waals surface area contributed by atoms with Gasteiger partial charge < -0.3 is 33.7 Å². The number of methoxy groups -OCH3 is 4. The average molecular weight is 867 g/mol. The SMILES string of the molecule is COc1ccc(/C=C\c2cc(OC)c(OC)c(OC)c2)cc1OC(=O)CCCCOCCc1cn(CCCCC(=O)Nc2cccc3c2C(=O)N(C2CCC(=O)NC2=O)C3=O)nn1. The molecular weight excluding hydrogens is 817 g/mol. The monoisotopic (exact) mass is 866 g/mol. The third-order valence-electron chi connectivity index (χ3n) is 10.4. The van der Waals surface area contributed by atoms with Gasteiger partial charge in [-0.3, -0.25) is 43.7 Å². The van der Waals surface area contributed by atoms with Crippen LogP contribution in [0.3, 0.4) is 0 Å². The van der Waals surface area contributed by atoms with Crippen LogP contribution in [-0.2, 0) is 36.9 Å². The molecule has 5 amide bonds. The summed E-state index contributed by atoms with van der Waals surface area (Å²) in [4.78, 5) is 76.8. The average Bonchev–Trinajstić information content (AvgIpc) is 3.84. The number of nitrogens with one attached hydrogen (secondary N) is 2. The quantitative estimate of drug-likeness (QED) is 0.0349. The number of hydrogen-bond acceptors (Lipinski definition) is 14. The molecule has 1 atom stereocenters. The van der Waals surface area contributed by atoms with Crippen LogP contribution < -0.4 is 34.3 Å². The maximum atomic E-state index is 13.3. The third-order valence-corrected chi connectivity index (χ3v) is 10.4. The van der Waals surface area contributed by atoms with Crippen molar-refractivity contribution in [3.05, 3.63) is 82.7 Å². The Morgan fingerprint density at radius 3 is 2.27 bits per heavy atom. The maximum Gasteiger partial charge on any atom is 0.311 e. The molecule has 2 N–H and O–H groups in total. The molecule has 63 heavy (non-hydrogen) atoms. The van der Waals surface area contributed by atoms with Crippen LogP contribution in [0.4, 0.5) is 5.69 Å². The first-order chi connectivity index (χ1) is 30.5. The Morgan fingerprint density at radius 2 is 1.54 bits per heavy atom. The number of fused-ring (bicyclic) bond motifs is 1. The summed E-state index contributed by atoms with van der Waals surface area (Å²) in [7, 11) is 6.17. The Kier molecular flexibility index (Phi) is 15.6. The molecule has 18 nitrogen and oxygen atoms in total. The second-order valence-corrected chi connectivity index (χ2v) is 14.6. The zero-order chi connectivity index (χ0) is 44.9. The number of esters is 1. The van der Waals surface area contributed by atoms with Gasteiger partial charge in [0.05, 0.1) is 57.6 Å². The molecule has 6 rings (SSSR count).